The SMILES string of the molecule is CN(Cc1cc(F)c(O)c(F)c1)C1CCOCC1. The molecule has 1 fully saturated rings. The Morgan fingerprint density at radius 2 is 1.83 bits per heavy atom. The van der Waals surface area contributed by atoms with E-state index in [0.29, 0.717) is 18.2 Å². The number of hydrogen-bond acceptors (Lipinski definition) is 3. The lowest BCUT2D eigenvalue weighted by Crippen LogP contribution is -2.36. The Labute approximate surface area is 105 Å². The van der Waals surface area contributed by atoms with Crippen LogP contribution in [0.5, 0.6) is 5.75 Å². The summed E-state index contributed by atoms with van der Waals surface area (Å²) in [7, 11) is 1.93. The van der Waals surface area contributed by atoms with Crippen molar-refractivity contribution in [1.29, 1.82) is 0 Å². The minimum absolute atomic E-state index is 0.374. The normalized spacial score (nSPS) is 17.3. The molecule has 100 valence electrons. The number of halogens is 2. The molecule has 0 amide bonds. The van der Waals surface area contributed by atoms with Gasteiger partial charge in [-0.3, -0.25) is 4.90 Å². The zero-order valence-corrected chi connectivity index (χ0v) is 10.3. The second-order valence-electron chi connectivity index (χ2n) is 4.67. The Kier molecular flexibility index (Phi) is 4.14. The highest BCUT2D eigenvalue weighted by Gasteiger charge is 2.19. The molecule has 1 aliphatic heterocycles. The lowest BCUT2D eigenvalue weighted by molar-refractivity contribution is 0.0406. The van der Waals surface area contributed by atoms with Crippen LogP contribution in [0.25, 0.3) is 0 Å². The van der Waals surface area contributed by atoms with Crippen molar-refractivity contribution < 1.29 is 18.6 Å². The van der Waals surface area contributed by atoms with Gasteiger partial charge in [0.1, 0.15) is 0 Å². The van der Waals surface area contributed by atoms with Crippen LogP contribution in [0.3, 0.4) is 0 Å². The van der Waals surface area contributed by atoms with Crippen LogP contribution < -0.4 is 0 Å². The number of ether oxygens (including phenoxy) is 1. The van der Waals surface area contributed by atoms with Crippen LogP contribution in [-0.4, -0.2) is 36.3 Å². The summed E-state index contributed by atoms with van der Waals surface area (Å²) in [5.74, 6) is -2.73. The first-order valence-electron chi connectivity index (χ1n) is 6.03. The summed E-state index contributed by atoms with van der Waals surface area (Å²) < 4.78 is 31.7. The van der Waals surface area contributed by atoms with Crippen molar-refractivity contribution in [2.24, 2.45) is 0 Å². The van der Waals surface area contributed by atoms with Crippen LogP contribution in [0.15, 0.2) is 12.1 Å². The van der Waals surface area contributed by atoms with Crippen molar-refractivity contribution >= 4 is 0 Å². The molecule has 18 heavy (non-hydrogen) atoms. The molecule has 1 aromatic carbocycles. The number of aromatic hydroxyl groups is 1. The average molecular weight is 257 g/mol. The number of rotatable bonds is 3. The molecule has 0 saturated carbocycles. The second-order valence-corrected chi connectivity index (χ2v) is 4.67. The van der Waals surface area contributed by atoms with Gasteiger partial charge in [-0.15, -0.1) is 0 Å². The maximum Gasteiger partial charge on any atom is 0.187 e. The van der Waals surface area contributed by atoms with Gasteiger partial charge in [0.15, 0.2) is 17.4 Å². The third-order valence-corrected chi connectivity index (χ3v) is 3.32. The van der Waals surface area contributed by atoms with E-state index in [9.17, 15) is 8.78 Å². The van der Waals surface area contributed by atoms with Crippen molar-refractivity contribution in [3.8, 4) is 5.75 Å². The van der Waals surface area contributed by atoms with Crippen LogP contribution >= 0.6 is 0 Å². The van der Waals surface area contributed by atoms with E-state index in [4.69, 9.17) is 9.84 Å². The van der Waals surface area contributed by atoms with Crippen molar-refractivity contribution in [1.82, 2.24) is 4.90 Å². The summed E-state index contributed by atoms with van der Waals surface area (Å²) in [5, 5.41) is 9.03. The van der Waals surface area contributed by atoms with E-state index in [2.05, 4.69) is 4.90 Å². The first-order valence-corrected chi connectivity index (χ1v) is 6.03. The van der Waals surface area contributed by atoms with E-state index in [1.54, 1.807) is 0 Å². The fraction of sp³-hybridized carbons (Fsp3) is 0.538. The Hall–Kier alpha value is -1.20. The molecule has 0 atom stereocenters. The van der Waals surface area contributed by atoms with Gasteiger partial charge in [-0.2, -0.15) is 0 Å². The highest BCUT2D eigenvalue weighted by atomic mass is 19.1. The van der Waals surface area contributed by atoms with E-state index < -0.39 is 17.4 Å². The summed E-state index contributed by atoms with van der Waals surface area (Å²) in [4.78, 5) is 2.06. The maximum absolute atomic E-state index is 13.2. The van der Waals surface area contributed by atoms with E-state index in [0.717, 1.165) is 26.1 Å². The van der Waals surface area contributed by atoms with Crippen molar-refractivity contribution in [2.75, 3.05) is 20.3 Å². The molecule has 0 aliphatic carbocycles. The minimum Gasteiger partial charge on any atom is -0.503 e. The molecule has 1 aliphatic rings. The number of nitrogens with zero attached hydrogens (tertiary/aromatic N) is 1. The van der Waals surface area contributed by atoms with Gasteiger partial charge < -0.3 is 9.84 Å². The molecule has 1 N–H and O–H groups in total. The van der Waals surface area contributed by atoms with E-state index in [1.807, 2.05) is 7.05 Å². The van der Waals surface area contributed by atoms with Crippen LogP contribution in [0.4, 0.5) is 8.78 Å². The van der Waals surface area contributed by atoms with Gasteiger partial charge >= 0.3 is 0 Å². The lowest BCUT2D eigenvalue weighted by atomic mass is 10.1. The molecule has 0 bridgehead atoms. The van der Waals surface area contributed by atoms with Gasteiger partial charge in [0, 0.05) is 25.8 Å². The molecule has 3 nitrogen and oxygen atoms in total. The van der Waals surface area contributed by atoms with Gasteiger partial charge in [-0.05, 0) is 37.6 Å². The van der Waals surface area contributed by atoms with Gasteiger partial charge in [0.05, 0.1) is 0 Å². The molecule has 2 rings (SSSR count). The average Bonchev–Trinajstić information content (AvgIpc) is 2.37. The van der Waals surface area contributed by atoms with Crippen molar-refractivity contribution in [3.63, 3.8) is 0 Å². The summed E-state index contributed by atoms with van der Waals surface area (Å²) >= 11 is 0. The van der Waals surface area contributed by atoms with Gasteiger partial charge in [-0.1, -0.05) is 0 Å². The highest BCUT2D eigenvalue weighted by Crippen LogP contribution is 2.23. The number of phenolic OH excluding ortho intramolecular Hbond substituents is 1. The molecule has 1 saturated heterocycles. The quantitative estimate of drug-likeness (QED) is 0.901. The molecule has 1 aromatic rings. The summed E-state index contributed by atoms with van der Waals surface area (Å²) in [6.45, 7) is 1.92. The molecular weight excluding hydrogens is 240 g/mol. The molecular formula is C13H17F2NO2. The minimum atomic E-state index is -0.912. The zero-order chi connectivity index (χ0) is 13.1. The monoisotopic (exact) mass is 257 g/mol. The number of phenols is 1. The highest BCUT2D eigenvalue weighted by molar-refractivity contribution is 5.30. The number of hydrogen-bond donors (Lipinski definition) is 1. The largest absolute Gasteiger partial charge is 0.503 e. The first-order chi connectivity index (χ1) is 8.58. The predicted molar refractivity (Wildman–Crippen MR) is 63.3 cm³/mol. The summed E-state index contributed by atoms with van der Waals surface area (Å²) in [6.07, 6.45) is 1.86. The van der Waals surface area contributed by atoms with E-state index in [1.165, 1.54) is 12.1 Å². The Bertz CT molecular complexity index is 396. The molecule has 5 heteroatoms. The van der Waals surface area contributed by atoms with Crippen molar-refractivity contribution in [3.05, 3.63) is 29.3 Å². The molecule has 0 radical (unpaired) electrons. The first kappa shape index (κ1) is 13.2. The lowest BCUT2D eigenvalue weighted by Gasteiger charge is -2.31. The zero-order valence-electron chi connectivity index (χ0n) is 10.3. The fourth-order valence-electron chi connectivity index (χ4n) is 2.25. The van der Waals surface area contributed by atoms with Gasteiger partial charge in [-0.25, -0.2) is 8.78 Å². The Balaban J connectivity index is 2.04. The van der Waals surface area contributed by atoms with Crippen molar-refractivity contribution in [2.45, 2.75) is 25.4 Å². The molecule has 1 heterocycles. The third-order valence-electron chi connectivity index (χ3n) is 3.32. The van der Waals surface area contributed by atoms with Crippen LogP contribution in [0.2, 0.25) is 0 Å². The molecule has 0 spiro atoms. The topological polar surface area (TPSA) is 32.7 Å². The Morgan fingerprint density at radius 3 is 2.39 bits per heavy atom. The molecule has 0 unspecified atom stereocenters. The summed E-state index contributed by atoms with van der Waals surface area (Å²) in [5.41, 5.74) is 0.525. The fourth-order valence-corrected chi connectivity index (χ4v) is 2.25. The van der Waals surface area contributed by atoms with Gasteiger partial charge in [0.25, 0.3) is 0 Å². The number of benzene rings is 1. The van der Waals surface area contributed by atoms with Crippen LogP contribution in [0, 0.1) is 11.6 Å². The van der Waals surface area contributed by atoms with E-state index >= 15 is 0 Å². The third kappa shape index (κ3) is 2.97. The maximum atomic E-state index is 13.2. The van der Waals surface area contributed by atoms with Gasteiger partial charge in [0.2, 0.25) is 0 Å². The molecule has 0 aromatic heterocycles. The summed E-state index contributed by atoms with van der Waals surface area (Å²) in [6, 6.07) is 2.72. The van der Waals surface area contributed by atoms with E-state index in [-0.39, 0.29) is 0 Å². The smallest absolute Gasteiger partial charge is 0.187 e. The Morgan fingerprint density at radius 1 is 1.28 bits per heavy atom. The van der Waals surface area contributed by atoms with Crippen LogP contribution in [0.1, 0.15) is 18.4 Å². The standard InChI is InChI=1S/C13H17F2NO2/c1-16(10-2-4-18-5-3-10)8-9-6-11(14)13(17)12(15)7-9/h6-7,10,17H,2-5,8H2,1H3. The predicted octanol–water partition coefficient (Wildman–Crippen LogP) is 2.28. The second kappa shape index (κ2) is 5.63. The van der Waals surface area contributed by atoms with Crippen LogP contribution in [-0.2, 0) is 11.3 Å².